The van der Waals surface area contributed by atoms with E-state index in [0.29, 0.717) is 13.1 Å². The van der Waals surface area contributed by atoms with Crippen LogP contribution in [0.15, 0.2) is 17.3 Å². The topological polar surface area (TPSA) is 55.2 Å². The highest BCUT2D eigenvalue weighted by atomic mass is 79.9. The molecule has 1 aromatic rings. The number of nitrogens with zero attached hydrogens (tertiary/aromatic N) is 3. The summed E-state index contributed by atoms with van der Waals surface area (Å²) in [5.74, 6) is 0. The van der Waals surface area contributed by atoms with Crippen molar-refractivity contribution in [1.29, 1.82) is 0 Å². The van der Waals surface area contributed by atoms with E-state index in [-0.39, 0.29) is 9.72 Å². The fourth-order valence-corrected chi connectivity index (χ4v) is 3.82. The fraction of sp³-hybridized carbons (Fsp3) is 0.625. The summed E-state index contributed by atoms with van der Waals surface area (Å²) in [5, 5.41) is 3.87. The number of aryl methyl sites for hydroxylation is 1. The fourth-order valence-electron chi connectivity index (χ4n) is 1.59. The number of hydrogen-bond acceptors (Lipinski definition) is 3. The van der Waals surface area contributed by atoms with E-state index in [0.717, 1.165) is 6.42 Å². The Hall–Kier alpha value is -0.400. The molecule has 0 aromatic carbocycles. The van der Waals surface area contributed by atoms with Crippen molar-refractivity contribution in [3.63, 3.8) is 0 Å². The van der Waals surface area contributed by atoms with Gasteiger partial charge in [0.2, 0.25) is 10.0 Å². The van der Waals surface area contributed by atoms with Crippen LogP contribution in [-0.2, 0) is 17.1 Å². The monoisotopic (exact) mass is 293 g/mol. The Morgan fingerprint density at radius 1 is 1.60 bits per heavy atom. The second-order valence-electron chi connectivity index (χ2n) is 3.60. The van der Waals surface area contributed by atoms with Gasteiger partial charge in [0.25, 0.3) is 0 Å². The lowest BCUT2D eigenvalue weighted by Crippen LogP contribution is -2.28. The number of alkyl halides is 1. The molecule has 0 saturated carbocycles. The summed E-state index contributed by atoms with van der Waals surface area (Å²) in [5.41, 5.74) is 0. The Labute approximate surface area is 97.2 Å². The Morgan fingerprint density at radius 2 is 2.33 bits per heavy atom. The maximum absolute atomic E-state index is 12.0. The molecule has 0 aliphatic carbocycles. The first-order chi connectivity index (χ1) is 7.00. The predicted molar refractivity (Wildman–Crippen MR) is 59.3 cm³/mol. The van der Waals surface area contributed by atoms with Crippen molar-refractivity contribution in [3.05, 3.63) is 12.4 Å². The van der Waals surface area contributed by atoms with E-state index in [1.54, 1.807) is 7.05 Å². The first kappa shape index (κ1) is 11.1. The number of hydrogen-bond donors (Lipinski definition) is 0. The Morgan fingerprint density at radius 3 is 2.80 bits per heavy atom. The average molecular weight is 294 g/mol. The molecule has 15 heavy (non-hydrogen) atoms. The van der Waals surface area contributed by atoms with Crippen LogP contribution >= 0.6 is 15.9 Å². The van der Waals surface area contributed by atoms with Crippen LogP contribution in [0.25, 0.3) is 0 Å². The Kier molecular flexibility index (Phi) is 2.87. The molecule has 1 aliphatic heterocycles. The molecule has 1 fully saturated rings. The van der Waals surface area contributed by atoms with Crippen molar-refractivity contribution < 1.29 is 8.42 Å². The van der Waals surface area contributed by atoms with Gasteiger partial charge in [-0.2, -0.15) is 9.40 Å². The van der Waals surface area contributed by atoms with E-state index in [1.165, 1.54) is 21.4 Å². The molecule has 1 aromatic heterocycles. The molecule has 0 bridgehead atoms. The minimum atomic E-state index is -3.33. The van der Waals surface area contributed by atoms with Gasteiger partial charge in [-0.15, -0.1) is 0 Å². The van der Waals surface area contributed by atoms with E-state index >= 15 is 0 Å². The van der Waals surface area contributed by atoms with Gasteiger partial charge in [-0.25, -0.2) is 8.42 Å². The van der Waals surface area contributed by atoms with Crippen LogP contribution in [0.5, 0.6) is 0 Å². The Balaban J connectivity index is 2.27. The number of aromatic nitrogens is 2. The smallest absolute Gasteiger partial charge is 0.246 e. The SMILES string of the molecule is Cn1cc(S(=O)(=O)N2CCC(Br)C2)cn1. The third-order valence-corrected chi connectivity index (χ3v) is 4.98. The lowest BCUT2D eigenvalue weighted by Gasteiger charge is -2.13. The van der Waals surface area contributed by atoms with Gasteiger partial charge < -0.3 is 0 Å². The van der Waals surface area contributed by atoms with E-state index in [4.69, 9.17) is 0 Å². The van der Waals surface area contributed by atoms with Gasteiger partial charge in [-0.05, 0) is 6.42 Å². The molecule has 84 valence electrons. The molecule has 7 heteroatoms. The first-order valence-corrected chi connectivity index (χ1v) is 6.98. The zero-order valence-corrected chi connectivity index (χ0v) is 10.7. The molecular formula is C8H12BrN3O2S. The van der Waals surface area contributed by atoms with E-state index in [9.17, 15) is 8.42 Å². The van der Waals surface area contributed by atoms with Gasteiger partial charge in [0, 0.05) is 31.2 Å². The van der Waals surface area contributed by atoms with Crippen LogP contribution in [0.1, 0.15) is 6.42 Å². The summed E-state index contributed by atoms with van der Waals surface area (Å²) < 4.78 is 27.1. The van der Waals surface area contributed by atoms with Crippen LogP contribution in [-0.4, -0.2) is 40.4 Å². The molecule has 1 aliphatic rings. The number of halogens is 1. The van der Waals surface area contributed by atoms with Crippen molar-refractivity contribution in [1.82, 2.24) is 14.1 Å². The van der Waals surface area contributed by atoms with Gasteiger partial charge >= 0.3 is 0 Å². The van der Waals surface area contributed by atoms with Crippen LogP contribution in [0, 0.1) is 0 Å². The van der Waals surface area contributed by atoms with Crippen molar-refractivity contribution in [3.8, 4) is 0 Å². The predicted octanol–water partition coefficient (Wildman–Crippen LogP) is 0.578. The second kappa shape index (κ2) is 3.88. The lowest BCUT2D eigenvalue weighted by atomic mass is 10.4. The molecule has 1 unspecified atom stereocenters. The van der Waals surface area contributed by atoms with Crippen LogP contribution < -0.4 is 0 Å². The molecule has 0 spiro atoms. The van der Waals surface area contributed by atoms with Crippen molar-refractivity contribution in [2.45, 2.75) is 16.1 Å². The minimum absolute atomic E-state index is 0.268. The van der Waals surface area contributed by atoms with Crippen molar-refractivity contribution in [2.24, 2.45) is 7.05 Å². The third kappa shape index (κ3) is 2.09. The molecular weight excluding hydrogens is 282 g/mol. The molecule has 1 saturated heterocycles. The van der Waals surface area contributed by atoms with Crippen molar-refractivity contribution >= 4 is 26.0 Å². The maximum atomic E-state index is 12.0. The van der Waals surface area contributed by atoms with Gasteiger partial charge in [-0.3, -0.25) is 4.68 Å². The van der Waals surface area contributed by atoms with Gasteiger partial charge in [0.15, 0.2) is 0 Å². The molecule has 5 nitrogen and oxygen atoms in total. The molecule has 0 amide bonds. The van der Waals surface area contributed by atoms with E-state index in [2.05, 4.69) is 21.0 Å². The third-order valence-electron chi connectivity index (χ3n) is 2.41. The zero-order chi connectivity index (χ0) is 11.1. The largest absolute Gasteiger partial charge is 0.274 e. The van der Waals surface area contributed by atoms with Crippen molar-refractivity contribution in [2.75, 3.05) is 13.1 Å². The summed E-state index contributed by atoms with van der Waals surface area (Å²) in [7, 11) is -1.63. The zero-order valence-electron chi connectivity index (χ0n) is 8.30. The Bertz CT molecular complexity index is 456. The normalized spacial score (nSPS) is 23.5. The minimum Gasteiger partial charge on any atom is -0.274 e. The summed E-state index contributed by atoms with van der Waals surface area (Å²) in [4.78, 5) is 0.538. The quantitative estimate of drug-likeness (QED) is 0.750. The van der Waals surface area contributed by atoms with E-state index < -0.39 is 10.0 Å². The number of sulfonamides is 1. The van der Waals surface area contributed by atoms with Gasteiger partial charge in [0.1, 0.15) is 4.90 Å². The average Bonchev–Trinajstić information content (AvgIpc) is 2.74. The highest BCUT2D eigenvalue weighted by Crippen LogP contribution is 2.23. The second-order valence-corrected chi connectivity index (χ2v) is 6.83. The van der Waals surface area contributed by atoms with Gasteiger partial charge in [-0.1, -0.05) is 15.9 Å². The maximum Gasteiger partial charge on any atom is 0.246 e. The highest BCUT2D eigenvalue weighted by molar-refractivity contribution is 9.09. The molecule has 1 atom stereocenters. The molecule has 2 rings (SSSR count). The van der Waals surface area contributed by atoms with Crippen LogP contribution in [0.3, 0.4) is 0 Å². The first-order valence-electron chi connectivity index (χ1n) is 4.63. The van der Waals surface area contributed by atoms with Crippen LogP contribution in [0.4, 0.5) is 0 Å². The summed E-state index contributed by atoms with van der Waals surface area (Å²) >= 11 is 3.42. The lowest BCUT2D eigenvalue weighted by molar-refractivity contribution is 0.478. The standard InChI is InChI=1S/C8H12BrN3O2S/c1-11-6-8(4-10-11)15(13,14)12-3-2-7(9)5-12/h4,6-7H,2-3,5H2,1H3. The summed E-state index contributed by atoms with van der Waals surface area (Å²) in [6, 6.07) is 0. The molecule has 0 radical (unpaired) electrons. The summed E-state index contributed by atoms with van der Waals surface area (Å²) in [6.07, 6.45) is 3.77. The molecule has 0 N–H and O–H groups in total. The highest BCUT2D eigenvalue weighted by Gasteiger charge is 2.31. The van der Waals surface area contributed by atoms with Crippen LogP contribution in [0.2, 0.25) is 0 Å². The molecule has 2 heterocycles. The summed E-state index contributed by atoms with van der Waals surface area (Å²) in [6.45, 7) is 1.12. The van der Waals surface area contributed by atoms with E-state index in [1.807, 2.05) is 0 Å². The van der Waals surface area contributed by atoms with Gasteiger partial charge in [0.05, 0.1) is 6.20 Å². The number of rotatable bonds is 2.